The third-order valence-corrected chi connectivity index (χ3v) is 3.93. The molecule has 0 saturated heterocycles. The topological polar surface area (TPSA) is 63.2 Å². The summed E-state index contributed by atoms with van der Waals surface area (Å²) >= 11 is 6.90. The number of hydrogen-bond acceptors (Lipinski definition) is 5. The molecule has 1 aliphatic rings. The quantitative estimate of drug-likeness (QED) is 0.644. The average Bonchev–Trinajstić information content (AvgIpc) is 2.71. The molecule has 1 aromatic heterocycles. The summed E-state index contributed by atoms with van der Waals surface area (Å²) < 4.78 is 0. The van der Waals surface area contributed by atoms with Crippen LogP contribution >= 0.6 is 23.4 Å². The first-order chi connectivity index (χ1) is 9.66. The Morgan fingerprint density at radius 3 is 2.20 bits per heavy atom. The zero-order valence-electron chi connectivity index (χ0n) is 10.1. The molecule has 0 fully saturated rings. The highest BCUT2D eigenvalue weighted by molar-refractivity contribution is 7.99. The molecule has 2 aromatic rings. The van der Waals surface area contributed by atoms with Crippen LogP contribution in [0, 0.1) is 0 Å². The molecule has 2 heterocycles. The second-order valence-electron chi connectivity index (χ2n) is 4.05. The maximum Gasteiger partial charge on any atom is 0.262 e. The minimum Gasteiger partial charge on any atom is -0.269 e. The van der Waals surface area contributed by atoms with E-state index in [4.69, 9.17) is 11.6 Å². The molecule has 0 radical (unpaired) electrons. The van der Waals surface area contributed by atoms with Gasteiger partial charge in [0.25, 0.3) is 11.8 Å². The minimum atomic E-state index is -0.278. The van der Waals surface area contributed by atoms with Gasteiger partial charge in [-0.3, -0.25) is 14.5 Å². The van der Waals surface area contributed by atoms with E-state index >= 15 is 0 Å². The summed E-state index contributed by atoms with van der Waals surface area (Å²) in [6, 6.07) is 10.1. The third-order valence-electron chi connectivity index (χ3n) is 2.83. The fourth-order valence-corrected chi connectivity index (χ4v) is 2.73. The molecule has 20 heavy (non-hydrogen) atoms. The molecule has 2 amide bonds. The second-order valence-corrected chi connectivity index (χ2v) is 5.40. The van der Waals surface area contributed by atoms with Gasteiger partial charge in [0.1, 0.15) is 5.03 Å². The normalized spacial score (nSPS) is 13.8. The number of fused-ring (bicyclic) bond motifs is 1. The van der Waals surface area contributed by atoms with E-state index in [0.717, 1.165) is 0 Å². The summed E-state index contributed by atoms with van der Waals surface area (Å²) in [5.74, 6) is -0.358. The van der Waals surface area contributed by atoms with Gasteiger partial charge in [-0.2, -0.15) is 0 Å². The van der Waals surface area contributed by atoms with Crippen molar-refractivity contribution in [2.24, 2.45) is 0 Å². The first kappa shape index (κ1) is 13.1. The zero-order valence-corrected chi connectivity index (χ0v) is 11.7. The lowest BCUT2D eigenvalue weighted by Crippen LogP contribution is -2.29. The summed E-state index contributed by atoms with van der Waals surface area (Å²) in [6.45, 7) is 0. The van der Waals surface area contributed by atoms with Crippen LogP contribution in [-0.4, -0.2) is 32.8 Å². The molecule has 0 atom stereocenters. The van der Waals surface area contributed by atoms with Crippen LogP contribution in [0.5, 0.6) is 0 Å². The van der Waals surface area contributed by atoms with Crippen molar-refractivity contribution < 1.29 is 9.59 Å². The molecule has 100 valence electrons. The number of halogens is 1. The average molecular weight is 306 g/mol. The minimum absolute atomic E-state index is 0.197. The van der Waals surface area contributed by atoms with E-state index in [0.29, 0.717) is 21.3 Å². The summed E-state index contributed by atoms with van der Waals surface area (Å²) in [7, 11) is 0. The van der Waals surface area contributed by atoms with E-state index in [9.17, 15) is 9.59 Å². The number of imide groups is 1. The third kappa shape index (κ3) is 2.28. The van der Waals surface area contributed by atoms with Gasteiger partial charge in [-0.25, -0.2) is 0 Å². The molecule has 0 bridgehead atoms. The molecule has 1 aromatic carbocycles. The van der Waals surface area contributed by atoms with Gasteiger partial charge in [-0.15, -0.1) is 10.2 Å². The van der Waals surface area contributed by atoms with Crippen molar-refractivity contribution in [2.75, 3.05) is 5.88 Å². The number of rotatable bonds is 3. The van der Waals surface area contributed by atoms with Gasteiger partial charge in [0.15, 0.2) is 5.15 Å². The Morgan fingerprint density at radius 1 is 1.00 bits per heavy atom. The Balaban J connectivity index is 1.75. The Hall–Kier alpha value is -1.92. The molecule has 7 heteroatoms. The van der Waals surface area contributed by atoms with Gasteiger partial charge >= 0.3 is 0 Å². The monoisotopic (exact) mass is 305 g/mol. The number of benzene rings is 1. The van der Waals surface area contributed by atoms with Crippen LogP contribution in [-0.2, 0) is 0 Å². The Bertz CT molecular complexity index is 655. The number of amides is 2. The molecule has 1 aliphatic heterocycles. The number of thioether (sulfide) groups is 1. The van der Waals surface area contributed by atoms with E-state index in [2.05, 4.69) is 10.2 Å². The van der Waals surface area contributed by atoms with Crippen LogP contribution in [0.4, 0.5) is 0 Å². The van der Waals surface area contributed by atoms with Crippen molar-refractivity contribution in [1.29, 1.82) is 0 Å². The highest BCUT2D eigenvalue weighted by Gasteiger charge is 2.34. The molecular weight excluding hydrogens is 298 g/mol. The largest absolute Gasteiger partial charge is 0.269 e. The Morgan fingerprint density at radius 2 is 1.65 bits per heavy atom. The predicted molar refractivity (Wildman–Crippen MR) is 74.7 cm³/mol. The lowest BCUT2D eigenvalue weighted by Gasteiger charge is -2.12. The summed E-state index contributed by atoms with van der Waals surface area (Å²) in [6.07, 6.45) is 0. The molecular formula is C13H8ClN3O2S. The number of carbonyl (C=O) groups excluding carboxylic acids is 2. The van der Waals surface area contributed by atoms with Gasteiger partial charge < -0.3 is 0 Å². The lowest BCUT2D eigenvalue weighted by molar-refractivity contribution is 0.0684. The number of nitrogens with zero attached hydrogens (tertiary/aromatic N) is 3. The molecule has 0 N–H and O–H groups in total. The Kier molecular flexibility index (Phi) is 3.42. The summed E-state index contributed by atoms with van der Waals surface area (Å²) in [4.78, 5) is 25.4. The van der Waals surface area contributed by atoms with Crippen LogP contribution in [0.3, 0.4) is 0 Å². The molecule has 0 aliphatic carbocycles. The first-order valence-electron chi connectivity index (χ1n) is 5.74. The SMILES string of the molecule is O=C1c2ccccc2C(=O)N1CSc1ccc(Cl)nn1. The van der Waals surface area contributed by atoms with Gasteiger partial charge in [0.05, 0.1) is 17.0 Å². The fraction of sp³-hybridized carbons (Fsp3) is 0.0769. The summed E-state index contributed by atoms with van der Waals surface area (Å²) in [5, 5.41) is 8.48. The van der Waals surface area contributed by atoms with E-state index < -0.39 is 0 Å². The fourth-order valence-electron chi connectivity index (χ4n) is 1.87. The number of carbonyl (C=O) groups is 2. The van der Waals surface area contributed by atoms with Gasteiger partial charge in [-0.05, 0) is 24.3 Å². The van der Waals surface area contributed by atoms with Crippen LogP contribution in [0.25, 0.3) is 0 Å². The molecule has 3 rings (SSSR count). The number of hydrogen-bond donors (Lipinski definition) is 0. The van der Waals surface area contributed by atoms with E-state index in [-0.39, 0.29) is 17.7 Å². The predicted octanol–water partition coefficient (Wildman–Crippen LogP) is 2.48. The van der Waals surface area contributed by atoms with Crippen molar-refractivity contribution in [3.8, 4) is 0 Å². The highest BCUT2D eigenvalue weighted by Crippen LogP contribution is 2.26. The second kappa shape index (κ2) is 5.22. The molecule has 0 saturated carbocycles. The maximum absolute atomic E-state index is 12.1. The van der Waals surface area contributed by atoms with Crippen molar-refractivity contribution in [2.45, 2.75) is 5.03 Å². The van der Waals surface area contributed by atoms with Gasteiger partial charge in [0, 0.05) is 0 Å². The summed E-state index contributed by atoms with van der Waals surface area (Å²) in [5.41, 5.74) is 0.889. The van der Waals surface area contributed by atoms with E-state index in [1.165, 1.54) is 16.7 Å². The zero-order chi connectivity index (χ0) is 14.1. The van der Waals surface area contributed by atoms with Gasteiger partial charge in [-0.1, -0.05) is 35.5 Å². The molecule has 0 spiro atoms. The maximum atomic E-state index is 12.1. The Labute approximate surface area is 123 Å². The van der Waals surface area contributed by atoms with Crippen LogP contribution in [0.2, 0.25) is 5.15 Å². The van der Waals surface area contributed by atoms with Crippen molar-refractivity contribution in [3.63, 3.8) is 0 Å². The van der Waals surface area contributed by atoms with Crippen LogP contribution in [0.15, 0.2) is 41.4 Å². The van der Waals surface area contributed by atoms with Crippen molar-refractivity contribution in [1.82, 2.24) is 15.1 Å². The van der Waals surface area contributed by atoms with E-state index in [1.54, 1.807) is 36.4 Å². The highest BCUT2D eigenvalue weighted by atomic mass is 35.5. The van der Waals surface area contributed by atoms with Gasteiger partial charge in [0.2, 0.25) is 0 Å². The first-order valence-corrected chi connectivity index (χ1v) is 7.10. The van der Waals surface area contributed by atoms with Crippen molar-refractivity contribution >= 4 is 35.2 Å². The lowest BCUT2D eigenvalue weighted by atomic mass is 10.1. The molecule has 0 unspecified atom stereocenters. The molecule has 5 nitrogen and oxygen atoms in total. The van der Waals surface area contributed by atoms with E-state index in [1.807, 2.05) is 0 Å². The number of aromatic nitrogens is 2. The standard InChI is InChI=1S/C13H8ClN3O2S/c14-10-5-6-11(16-15-10)20-7-17-12(18)8-3-1-2-4-9(8)13(17)19/h1-6H,7H2. The smallest absolute Gasteiger partial charge is 0.262 e. The van der Waals surface area contributed by atoms with Crippen LogP contribution < -0.4 is 0 Å². The van der Waals surface area contributed by atoms with Crippen molar-refractivity contribution in [3.05, 3.63) is 52.7 Å². The van der Waals surface area contributed by atoms with Crippen LogP contribution in [0.1, 0.15) is 20.7 Å².